The van der Waals surface area contributed by atoms with Gasteiger partial charge in [0.2, 0.25) is 11.8 Å². The lowest BCUT2D eigenvalue weighted by Crippen LogP contribution is -2.45. The standard InChI is InChI=1S/C34H39N3O6Si/c1-23-32(44(2,3)42)29(21-31(40)35(18-19-38)22-24-10-6-4-7-11-24)43-34(23)27-20-26(36-17-16-30(36)39)14-15-28(27)37(33(34)41)25-12-8-5-9-13-25/h4-15,20,23,29,32,38,42H,16-19,21-22H2,1-3H3/t23-,29+,32-,34+/m0/s1. The number of aliphatic hydroxyl groups is 1. The number of nitrogens with zero attached hydrogens (tertiary/aromatic N) is 3. The Kier molecular flexibility index (Phi) is 7.96. The number of amides is 3. The first-order valence-electron chi connectivity index (χ1n) is 15.2. The number of fused-ring (bicyclic) bond motifs is 2. The molecule has 3 aromatic carbocycles. The predicted octanol–water partition coefficient (Wildman–Crippen LogP) is 4.31. The third-order valence-electron chi connectivity index (χ3n) is 9.37. The van der Waals surface area contributed by atoms with Gasteiger partial charge in [0.1, 0.15) is 0 Å². The highest BCUT2D eigenvalue weighted by molar-refractivity contribution is 6.71. The van der Waals surface area contributed by atoms with Crippen LogP contribution in [0.5, 0.6) is 0 Å². The number of β-lactam (4-membered cyclic amide) rings is 1. The number of carbonyl (C=O) groups is 3. The first-order chi connectivity index (χ1) is 21.1. The maximum absolute atomic E-state index is 14.7. The fourth-order valence-electron chi connectivity index (χ4n) is 7.30. The van der Waals surface area contributed by atoms with Gasteiger partial charge in [0.05, 0.1) is 24.8 Å². The first-order valence-corrected chi connectivity index (χ1v) is 18.3. The number of ether oxygens (including phenoxy) is 1. The average molecular weight is 614 g/mol. The molecule has 2 fully saturated rings. The van der Waals surface area contributed by atoms with Crippen molar-refractivity contribution in [3.63, 3.8) is 0 Å². The van der Waals surface area contributed by atoms with Crippen molar-refractivity contribution < 1.29 is 29.0 Å². The smallest absolute Gasteiger partial charge is 0.268 e. The number of para-hydroxylation sites is 1. The van der Waals surface area contributed by atoms with E-state index in [4.69, 9.17) is 4.74 Å². The summed E-state index contributed by atoms with van der Waals surface area (Å²) < 4.78 is 6.88. The average Bonchev–Trinajstić information content (AvgIpc) is 3.43. The van der Waals surface area contributed by atoms with Crippen LogP contribution in [0.2, 0.25) is 18.6 Å². The summed E-state index contributed by atoms with van der Waals surface area (Å²) in [5, 5.41) is 9.77. The van der Waals surface area contributed by atoms with E-state index in [1.807, 2.05) is 98.9 Å². The number of hydrogen-bond donors (Lipinski definition) is 2. The summed E-state index contributed by atoms with van der Waals surface area (Å²) in [4.78, 5) is 57.6. The van der Waals surface area contributed by atoms with Gasteiger partial charge >= 0.3 is 0 Å². The molecule has 0 radical (unpaired) electrons. The number of benzene rings is 3. The molecule has 230 valence electrons. The molecule has 6 rings (SSSR count). The third kappa shape index (κ3) is 5.05. The Morgan fingerprint density at radius 2 is 1.70 bits per heavy atom. The minimum absolute atomic E-state index is 0.0243. The predicted molar refractivity (Wildman–Crippen MR) is 170 cm³/mol. The summed E-state index contributed by atoms with van der Waals surface area (Å²) in [6.45, 7) is 6.49. The summed E-state index contributed by atoms with van der Waals surface area (Å²) in [6, 6.07) is 24.5. The second-order valence-corrected chi connectivity index (χ2v) is 16.5. The summed E-state index contributed by atoms with van der Waals surface area (Å²) >= 11 is 0. The van der Waals surface area contributed by atoms with Gasteiger partial charge in [0.25, 0.3) is 5.91 Å². The maximum Gasteiger partial charge on any atom is 0.268 e. The Hall–Kier alpha value is -3.83. The molecule has 10 heteroatoms. The molecular weight excluding hydrogens is 574 g/mol. The van der Waals surface area contributed by atoms with Crippen molar-refractivity contribution in [1.82, 2.24) is 4.90 Å². The van der Waals surface area contributed by atoms with Crippen LogP contribution in [0.1, 0.15) is 30.9 Å². The summed E-state index contributed by atoms with van der Waals surface area (Å²) in [7, 11) is -3.01. The summed E-state index contributed by atoms with van der Waals surface area (Å²) in [6.07, 6.45) is -0.296. The molecule has 44 heavy (non-hydrogen) atoms. The molecule has 2 N–H and O–H groups in total. The lowest BCUT2D eigenvalue weighted by Gasteiger charge is -2.33. The molecule has 0 unspecified atom stereocenters. The zero-order valence-corrected chi connectivity index (χ0v) is 26.3. The second kappa shape index (κ2) is 11.6. The SMILES string of the molecule is C[C@H]1[C@H]([Si](C)(C)O)[C@@H](CC(=O)N(CCO)Cc2ccccc2)O[C@]12C(=O)N(c1ccccc1)c1ccc(N3CCC3=O)cc12. The van der Waals surface area contributed by atoms with Crippen molar-refractivity contribution in [1.29, 1.82) is 0 Å². The minimum atomic E-state index is -3.01. The molecule has 0 bridgehead atoms. The van der Waals surface area contributed by atoms with Crippen molar-refractivity contribution >= 4 is 43.1 Å². The van der Waals surface area contributed by atoms with E-state index >= 15 is 0 Å². The normalized spacial score (nSPS) is 24.5. The van der Waals surface area contributed by atoms with Crippen LogP contribution in [-0.4, -0.2) is 66.6 Å². The zero-order chi connectivity index (χ0) is 31.2. The van der Waals surface area contributed by atoms with E-state index in [0.717, 1.165) is 5.56 Å². The van der Waals surface area contributed by atoms with Crippen molar-refractivity contribution in [2.24, 2.45) is 5.92 Å². The van der Waals surface area contributed by atoms with E-state index in [2.05, 4.69) is 0 Å². The van der Waals surface area contributed by atoms with Gasteiger partial charge in [-0.3, -0.25) is 19.3 Å². The largest absolute Gasteiger partial charge is 0.432 e. The second-order valence-electron chi connectivity index (χ2n) is 12.6. The van der Waals surface area contributed by atoms with Crippen LogP contribution in [0.3, 0.4) is 0 Å². The Balaban J connectivity index is 1.41. The zero-order valence-electron chi connectivity index (χ0n) is 25.3. The molecule has 0 saturated carbocycles. The van der Waals surface area contributed by atoms with E-state index in [9.17, 15) is 24.3 Å². The Labute approximate surface area is 258 Å². The van der Waals surface area contributed by atoms with Gasteiger partial charge in [-0.25, -0.2) is 0 Å². The lowest BCUT2D eigenvalue weighted by molar-refractivity contribution is -0.149. The van der Waals surface area contributed by atoms with Gasteiger partial charge in [-0.05, 0) is 49.0 Å². The van der Waals surface area contributed by atoms with E-state index in [0.29, 0.717) is 42.1 Å². The van der Waals surface area contributed by atoms with Gasteiger partial charge in [-0.1, -0.05) is 55.5 Å². The van der Waals surface area contributed by atoms with Gasteiger partial charge in [0, 0.05) is 54.5 Å². The fraction of sp³-hybridized carbons (Fsp3) is 0.382. The van der Waals surface area contributed by atoms with Gasteiger partial charge in [-0.2, -0.15) is 0 Å². The third-order valence-corrected chi connectivity index (χ3v) is 11.9. The van der Waals surface area contributed by atoms with Crippen molar-refractivity contribution in [3.8, 4) is 0 Å². The quantitative estimate of drug-likeness (QED) is 0.275. The topological polar surface area (TPSA) is 111 Å². The molecule has 2 saturated heterocycles. The monoisotopic (exact) mass is 613 g/mol. The molecule has 0 aromatic heterocycles. The number of carbonyl (C=O) groups excluding carboxylic acids is 3. The number of anilines is 3. The number of aliphatic hydroxyl groups excluding tert-OH is 1. The highest BCUT2D eigenvalue weighted by atomic mass is 28.4. The Morgan fingerprint density at radius 3 is 2.30 bits per heavy atom. The molecule has 3 aliphatic rings. The molecule has 9 nitrogen and oxygen atoms in total. The molecule has 3 aromatic rings. The van der Waals surface area contributed by atoms with Crippen molar-refractivity contribution in [2.75, 3.05) is 29.5 Å². The molecule has 1 spiro atoms. The van der Waals surface area contributed by atoms with Crippen LogP contribution >= 0.6 is 0 Å². The minimum Gasteiger partial charge on any atom is -0.432 e. The Bertz CT molecular complexity index is 1560. The summed E-state index contributed by atoms with van der Waals surface area (Å²) in [5.41, 5.74) is 1.73. The van der Waals surface area contributed by atoms with E-state index < -0.39 is 31.5 Å². The van der Waals surface area contributed by atoms with Crippen LogP contribution in [0.25, 0.3) is 0 Å². The van der Waals surface area contributed by atoms with Crippen molar-refractivity contribution in [2.45, 2.75) is 56.7 Å². The molecule has 4 atom stereocenters. The van der Waals surface area contributed by atoms with E-state index in [1.165, 1.54) is 0 Å². The highest BCUT2D eigenvalue weighted by Crippen LogP contribution is 2.61. The maximum atomic E-state index is 14.7. The molecule has 3 amide bonds. The van der Waals surface area contributed by atoms with Crippen LogP contribution in [0, 0.1) is 5.92 Å². The van der Waals surface area contributed by atoms with Gasteiger partial charge in [0.15, 0.2) is 13.9 Å². The van der Waals surface area contributed by atoms with E-state index in [1.54, 1.807) is 14.7 Å². The molecule has 3 heterocycles. The lowest BCUT2D eigenvalue weighted by atomic mass is 9.82. The van der Waals surface area contributed by atoms with Crippen molar-refractivity contribution in [3.05, 3.63) is 90.0 Å². The van der Waals surface area contributed by atoms with E-state index in [-0.39, 0.29) is 37.3 Å². The van der Waals surface area contributed by atoms with Crippen LogP contribution in [0.15, 0.2) is 78.9 Å². The molecular formula is C34H39N3O6Si. The highest BCUT2D eigenvalue weighted by Gasteiger charge is 2.66. The first kappa shape index (κ1) is 30.2. The molecule has 3 aliphatic heterocycles. The van der Waals surface area contributed by atoms with Gasteiger partial charge < -0.3 is 24.4 Å². The fourth-order valence-corrected chi connectivity index (χ4v) is 9.85. The Morgan fingerprint density at radius 1 is 1.02 bits per heavy atom. The van der Waals surface area contributed by atoms with Crippen LogP contribution in [-0.2, 0) is 31.3 Å². The molecule has 0 aliphatic carbocycles. The summed E-state index contributed by atoms with van der Waals surface area (Å²) in [5.74, 6) is -0.926. The van der Waals surface area contributed by atoms with Crippen LogP contribution < -0.4 is 9.80 Å². The number of rotatable bonds is 9. The van der Waals surface area contributed by atoms with Crippen LogP contribution in [0.4, 0.5) is 17.1 Å². The van der Waals surface area contributed by atoms with Gasteiger partial charge in [-0.15, -0.1) is 0 Å². The number of hydrogen-bond acceptors (Lipinski definition) is 6.